The molecule has 1 N–H and O–H groups in total. The molecule has 17 heavy (non-hydrogen) atoms. The summed E-state index contributed by atoms with van der Waals surface area (Å²) in [6, 6.07) is 7.99. The number of nitro groups is 1. The first kappa shape index (κ1) is 11.3. The molecule has 0 aliphatic rings. The summed E-state index contributed by atoms with van der Waals surface area (Å²) >= 11 is 0. The Balaban J connectivity index is 2.42. The lowest BCUT2D eigenvalue weighted by atomic mass is 10.1. The molecule has 0 atom stereocenters. The molecule has 0 saturated carbocycles. The van der Waals surface area contributed by atoms with Crippen LogP contribution in [0.5, 0.6) is 0 Å². The van der Waals surface area contributed by atoms with Crippen LogP contribution in [-0.4, -0.2) is 10.0 Å². The van der Waals surface area contributed by atoms with Gasteiger partial charge in [0.1, 0.15) is 18.1 Å². The van der Waals surface area contributed by atoms with Gasteiger partial charge in [0.15, 0.2) is 0 Å². The topological polar surface area (TPSA) is 76.5 Å². The van der Waals surface area contributed by atoms with Gasteiger partial charge in [0.2, 0.25) is 0 Å². The zero-order chi connectivity index (χ0) is 12.4. The van der Waals surface area contributed by atoms with Crippen LogP contribution >= 0.6 is 0 Å². The van der Waals surface area contributed by atoms with Crippen LogP contribution in [-0.2, 0) is 6.61 Å². The Morgan fingerprint density at radius 2 is 2.12 bits per heavy atom. The summed E-state index contributed by atoms with van der Waals surface area (Å²) < 4.78 is 5.38. The molecular weight excluding hydrogens is 222 g/mol. The van der Waals surface area contributed by atoms with Gasteiger partial charge < -0.3 is 9.52 Å². The van der Waals surface area contributed by atoms with Crippen LogP contribution < -0.4 is 0 Å². The quantitative estimate of drug-likeness (QED) is 0.653. The Hall–Kier alpha value is -2.14. The molecule has 0 radical (unpaired) electrons. The van der Waals surface area contributed by atoms with Crippen LogP contribution in [0, 0.1) is 17.0 Å². The van der Waals surface area contributed by atoms with E-state index in [-0.39, 0.29) is 12.3 Å². The number of furan rings is 1. The largest absolute Gasteiger partial charge is 0.459 e. The van der Waals surface area contributed by atoms with Gasteiger partial charge >= 0.3 is 0 Å². The van der Waals surface area contributed by atoms with Gasteiger partial charge in [-0.25, -0.2) is 0 Å². The van der Waals surface area contributed by atoms with Crippen molar-refractivity contribution in [3.63, 3.8) is 0 Å². The van der Waals surface area contributed by atoms with E-state index in [1.54, 1.807) is 25.1 Å². The molecule has 1 heterocycles. The third kappa shape index (κ3) is 2.19. The van der Waals surface area contributed by atoms with Crippen molar-refractivity contribution in [3.05, 3.63) is 51.8 Å². The molecular formula is C12H11NO4. The number of aryl methyl sites for hydroxylation is 1. The van der Waals surface area contributed by atoms with Gasteiger partial charge in [0.05, 0.1) is 4.92 Å². The number of benzene rings is 1. The van der Waals surface area contributed by atoms with E-state index in [0.717, 1.165) is 11.1 Å². The molecule has 0 spiro atoms. The SMILES string of the molecule is Cc1cc([N+](=O)[O-])ccc1-c1ccc(CO)o1. The zero-order valence-electron chi connectivity index (χ0n) is 9.21. The van der Waals surface area contributed by atoms with Crippen molar-refractivity contribution < 1.29 is 14.4 Å². The van der Waals surface area contributed by atoms with Gasteiger partial charge in [-0.3, -0.25) is 10.1 Å². The lowest BCUT2D eigenvalue weighted by molar-refractivity contribution is -0.384. The van der Waals surface area contributed by atoms with Crippen LogP contribution in [0.4, 0.5) is 5.69 Å². The lowest BCUT2D eigenvalue weighted by Crippen LogP contribution is -1.89. The standard InChI is InChI=1S/C12H11NO4/c1-8-6-9(13(15)16)2-4-11(8)12-5-3-10(7-14)17-12/h2-6,14H,7H2,1H3. The summed E-state index contributed by atoms with van der Waals surface area (Å²) in [6.45, 7) is 1.62. The maximum absolute atomic E-state index is 10.6. The molecule has 0 fully saturated rings. The van der Waals surface area contributed by atoms with Crippen molar-refractivity contribution >= 4 is 5.69 Å². The van der Waals surface area contributed by atoms with Gasteiger partial charge in [-0.2, -0.15) is 0 Å². The van der Waals surface area contributed by atoms with E-state index in [1.165, 1.54) is 12.1 Å². The Bertz CT molecular complexity index is 559. The van der Waals surface area contributed by atoms with Gasteiger partial charge in [0, 0.05) is 17.7 Å². The van der Waals surface area contributed by atoms with E-state index >= 15 is 0 Å². The third-order valence-corrected chi connectivity index (χ3v) is 2.50. The summed E-state index contributed by atoms with van der Waals surface area (Å²) in [4.78, 5) is 10.2. The Kier molecular flexibility index (Phi) is 2.93. The van der Waals surface area contributed by atoms with Crippen LogP contribution in [0.1, 0.15) is 11.3 Å². The van der Waals surface area contributed by atoms with E-state index in [1.807, 2.05) is 0 Å². The molecule has 0 aliphatic carbocycles. The first-order valence-corrected chi connectivity index (χ1v) is 5.07. The zero-order valence-corrected chi connectivity index (χ0v) is 9.21. The highest BCUT2D eigenvalue weighted by Gasteiger charge is 2.11. The van der Waals surface area contributed by atoms with Crippen LogP contribution in [0.15, 0.2) is 34.7 Å². The van der Waals surface area contributed by atoms with E-state index in [2.05, 4.69) is 0 Å². The van der Waals surface area contributed by atoms with Crippen molar-refractivity contribution in [1.29, 1.82) is 0 Å². The van der Waals surface area contributed by atoms with Crippen molar-refractivity contribution in [1.82, 2.24) is 0 Å². The van der Waals surface area contributed by atoms with Crippen LogP contribution in [0.25, 0.3) is 11.3 Å². The van der Waals surface area contributed by atoms with Gasteiger partial charge in [-0.15, -0.1) is 0 Å². The number of aliphatic hydroxyl groups is 1. The second kappa shape index (κ2) is 4.39. The van der Waals surface area contributed by atoms with Crippen molar-refractivity contribution in [2.75, 3.05) is 0 Å². The summed E-state index contributed by atoms with van der Waals surface area (Å²) in [5.74, 6) is 1.07. The number of hydrogen-bond acceptors (Lipinski definition) is 4. The molecule has 5 heteroatoms. The normalized spacial score (nSPS) is 10.5. The third-order valence-electron chi connectivity index (χ3n) is 2.50. The molecule has 0 amide bonds. The monoisotopic (exact) mass is 233 g/mol. The number of aliphatic hydroxyl groups excluding tert-OH is 1. The number of nitrogens with zero attached hydrogens (tertiary/aromatic N) is 1. The molecule has 1 aromatic carbocycles. The highest BCUT2D eigenvalue weighted by molar-refractivity contribution is 5.64. The van der Waals surface area contributed by atoms with Gasteiger partial charge in [-0.1, -0.05) is 0 Å². The van der Waals surface area contributed by atoms with Crippen molar-refractivity contribution in [2.24, 2.45) is 0 Å². The van der Waals surface area contributed by atoms with Crippen LogP contribution in [0.2, 0.25) is 0 Å². The smallest absolute Gasteiger partial charge is 0.269 e. The summed E-state index contributed by atoms with van der Waals surface area (Å²) in [5, 5.41) is 19.5. The Morgan fingerprint density at radius 1 is 1.35 bits per heavy atom. The molecule has 88 valence electrons. The minimum atomic E-state index is -0.432. The number of hydrogen-bond donors (Lipinski definition) is 1. The first-order chi connectivity index (χ1) is 8.11. The molecule has 0 bridgehead atoms. The molecule has 0 saturated heterocycles. The maximum atomic E-state index is 10.6. The highest BCUT2D eigenvalue weighted by atomic mass is 16.6. The van der Waals surface area contributed by atoms with E-state index in [9.17, 15) is 10.1 Å². The van der Waals surface area contributed by atoms with Crippen LogP contribution in [0.3, 0.4) is 0 Å². The van der Waals surface area contributed by atoms with E-state index in [4.69, 9.17) is 9.52 Å². The molecule has 2 rings (SSSR count). The average Bonchev–Trinajstić information content (AvgIpc) is 2.77. The average molecular weight is 233 g/mol. The second-order valence-corrected chi connectivity index (χ2v) is 3.68. The second-order valence-electron chi connectivity index (χ2n) is 3.68. The number of non-ortho nitro benzene ring substituents is 1. The minimum Gasteiger partial charge on any atom is -0.459 e. The molecule has 0 aliphatic heterocycles. The first-order valence-electron chi connectivity index (χ1n) is 5.07. The predicted molar refractivity (Wildman–Crippen MR) is 61.5 cm³/mol. The molecule has 5 nitrogen and oxygen atoms in total. The van der Waals surface area contributed by atoms with Gasteiger partial charge in [0.25, 0.3) is 5.69 Å². The fourth-order valence-electron chi connectivity index (χ4n) is 1.65. The number of nitro benzene ring substituents is 1. The minimum absolute atomic E-state index is 0.0557. The Labute approximate surface area is 97.5 Å². The predicted octanol–water partition coefficient (Wildman–Crippen LogP) is 2.66. The fraction of sp³-hybridized carbons (Fsp3) is 0.167. The van der Waals surface area contributed by atoms with E-state index < -0.39 is 4.92 Å². The fourth-order valence-corrected chi connectivity index (χ4v) is 1.65. The lowest BCUT2D eigenvalue weighted by Gasteiger charge is -2.02. The molecule has 2 aromatic rings. The number of rotatable bonds is 3. The Morgan fingerprint density at radius 3 is 2.65 bits per heavy atom. The molecule has 1 aromatic heterocycles. The van der Waals surface area contributed by atoms with E-state index in [0.29, 0.717) is 11.5 Å². The summed E-state index contributed by atoms with van der Waals surface area (Å²) in [7, 11) is 0. The highest BCUT2D eigenvalue weighted by Crippen LogP contribution is 2.28. The maximum Gasteiger partial charge on any atom is 0.269 e. The summed E-state index contributed by atoms with van der Waals surface area (Å²) in [6.07, 6.45) is 0. The molecule has 0 unspecified atom stereocenters. The van der Waals surface area contributed by atoms with Crippen molar-refractivity contribution in [2.45, 2.75) is 13.5 Å². The van der Waals surface area contributed by atoms with Crippen molar-refractivity contribution in [3.8, 4) is 11.3 Å². The summed E-state index contributed by atoms with van der Waals surface area (Å²) in [5.41, 5.74) is 1.61. The van der Waals surface area contributed by atoms with Gasteiger partial charge in [-0.05, 0) is 30.7 Å².